The molecule has 308 valence electrons. The van der Waals surface area contributed by atoms with E-state index in [1.165, 1.54) is 61.6 Å². The van der Waals surface area contributed by atoms with E-state index < -0.39 is 0 Å². The van der Waals surface area contributed by atoms with Crippen LogP contribution in [0.3, 0.4) is 0 Å². The number of rotatable bonds is 13. The third-order valence-corrected chi connectivity index (χ3v) is 10.4. The van der Waals surface area contributed by atoms with Crippen molar-refractivity contribution in [3.05, 3.63) is 135 Å². The van der Waals surface area contributed by atoms with Gasteiger partial charge < -0.3 is 15.3 Å². The molecule has 4 rings (SSSR count). The number of aliphatic hydroxyl groups excluding tert-OH is 3. The van der Waals surface area contributed by atoms with Crippen LogP contribution in [0.25, 0.3) is 0 Å². The lowest BCUT2D eigenvalue weighted by atomic mass is 10.0. The summed E-state index contributed by atoms with van der Waals surface area (Å²) in [6.45, 7) is 6.51. The topological polar surface area (TPSA) is 60.7 Å². The highest BCUT2D eigenvalue weighted by Gasteiger charge is 2.02. The Bertz CT molecular complexity index is 1600. The highest BCUT2D eigenvalue weighted by Crippen LogP contribution is 2.22. The molecular formula is C46H64BrCl4IO3. The summed E-state index contributed by atoms with van der Waals surface area (Å²) in [5, 5.41) is 30.3. The molecule has 0 unspecified atom stereocenters. The van der Waals surface area contributed by atoms with Crippen LogP contribution < -0.4 is 0 Å². The Labute approximate surface area is 376 Å². The standard InChI is InChI=1S/C12H16BrCl.C12H17ClO.C12H13ClO.C7H6ClIO.3CH4/c1-2-3-4-5-10-6-7-12(14)11(8-10)9-13;2*1-2-3-4-5-10-6-7-12(13)11(8-10)9-14;8-7-2-1-6(9)3-5(7)4-10;;;/h6-8H,2-5,9H2,1H3;6-8,14H,2-5,9H2,1H3;6-8,14H,2-3,9H2,1H3;1-3,10H,4H2;3*1H4. The Kier molecular flexibility index (Phi) is 37.8. The zero-order valence-corrected chi connectivity index (χ0v) is 37.2. The first-order valence-corrected chi connectivity index (χ1v) is 21.4. The van der Waals surface area contributed by atoms with Gasteiger partial charge in [0.25, 0.3) is 0 Å². The molecule has 0 heterocycles. The molecule has 4 aromatic rings. The van der Waals surface area contributed by atoms with E-state index in [2.05, 4.69) is 83.3 Å². The number of hydrogen-bond acceptors (Lipinski definition) is 3. The number of hydrogen-bond donors (Lipinski definition) is 3. The Balaban J connectivity index is -0.000000648. The minimum absolute atomic E-state index is 0. The van der Waals surface area contributed by atoms with Crippen LogP contribution in [0.15, 0.2) is 72.8 Å². The summed E-state index contributed by atoms with van der Waals surface area (Å²) in [5.41, 5.74) is 7.13. The SMILES string of the molecule is C.C.C.CCCC#Cc1ccc(Cl)c(CO)c1.CCCCCc1ccc(Cl)c(CBr)c1.CCCCCc1ccc(Cl)c(CO)c1.OCc1cc(I)ccc1Cl. The fraction of sp³-hybridized carbons (Fsp3) is 0.435. The van der Waals surface area contributed by atoms with Crippen molar-refractivity contribution in [1.29, 1.82) is 0 Å². The molecular weight excluding hydrogens is 949 g/mol. The summed E-state index contributed by atoms with van der Waals surface area (Å²) in [6.07, 6.45) is 11.8. The zero-order chi connectivity index (χ0) is 38.7. The van der Waals surface area contributed by atoms with Gasteiger partial charge in [-0.15, -0.1) is 0 Å². The van der Waals surface area contributed by atoms with Crippen molar-refractivity contribution in [3.8, 4) is 11.8 Å². The Hall–Kier alpha value is -1.31. The molecule has 9 heteroatoms. The first-order valence-electron chi connectivity index (χ1n) is 17.7. The maximum atomic E-state index is 9.03. The molecule has 4 aromatic carbocycles. The van der Waals surface area contributed by atoms with Crippen molar-refractivity contribution in [3.63, 3.8) is 0 Å². The first-order chi connectivity index (χ1) is 25.1. The lowest BCUT2D eigenvalue weighted by Crippen LogP contribution is -1.90. The number of aryl methyl sites for hydroxylation is 2. The van der Waals surface area contributed by atoms with Crippen molar-refractivity contribution in [2.45, 2.75) is 132 Å². The summed E-state index contributed by atoms with van der Waals surface area (Å²) in [4.78, 5) is 0. The second kappa shape index (κ2) is 35.8. The number of benzene rings is 4. The molecule has 3 N–H and O–H groups in total. The van der Waals surface area contributed by atoms with Gasteiger partial charge in [-0.2, -0.15) is 0 Å². The molecule has 0 bridgehead atoms. The predicted molar refractivity (Wildman–Crippen MR) is 257 cm³/mol. The Morgan fingerprint density at radius 3 is 1.40 bits per heavy atom. The summed E-state index contributed by atoms with van der Waals surface area (Å²) in [5.74, 6) is 6.08. The minimum Gasteiger partial charge on any atom is -0.392 e. The second-order valence-electron chi connectivity index (χ2n) is 12.0. The third kappa shape index (κ3) is 24.9. The highest BCUT2D eigenvalue weighted by molar-refractivity contribution is 14.1. The third-order valence-electron chi connectivity index (χ3n) is 7.67. The maximum Gasteiger partial charge on any atom is 0.0696 e. The van der Waals surface area contributed by atoms with Crippen molar-refractivity contribution in [1.82, 2.24) is 0 Å². The summed E-state index contributed by atoms with van der Waals surface area (Å²) < 4.78 is 1.09. The van der Waals surface area contributed by atoms with E-state index in [0.717, 1.165) is 55.4 Å². The van der Waals surface area contributed by atoms with Crippen LogP contribution in [0.4, 0.5) is 0 Å². The molecule has 0 saturated heterocycles. The van der Waals surface area contributed by atoms with Gasteiger partial charge in [-0.25, -0.2) is 0 Å². The second-order valence-corrected chi connectivity index (χ2v) is 15.4. The van der Waals surface area contributed by atoms with Gasteiger partial charge in [0.2, 0.25) is 0 Å². The van der Waals surface area contributed by atoms with E-state index in [1.807, 2.05) is 48.5 Å². The van der Waals surface area contributed by atoms with Gasteiger partial charge in [0, 0.05) is 41.0 Å². The maximum absolute atomic E-state index is 9.03. The molecule has 0 radical (unpaired) electrons. The number of halogens is 6. The highest BCUT2D eigenvalue weighted by atomic mass is 127. The number of unbranched alkanes of at least 4 members (excludes halogenated alkanes) is 5. The molecule has 55 heavy (non-hydrogen) atoms. The zero-order valence-electron chi connectivity index (χ0n) is 30.4. The lowest BCUT2D eigenvalue weighted by molar-refractivity contribution is 0.281. The molecule has 0 fully saturated rings. The van der Waals surface area contributed by atoms with Gasteiger partial charge in [-0.3, -0.25) is 0 Å². The first kappa shape index (κ1) is 58.0. The molecule has 0 atom stereocenters. The van der Waals surface area contributed by atoms with Gasteiger partial charge in [0.05, 0.1) is 19.8 Å². The van der Waals surface area contributed by atoms with Crippen LogP contribution in [0.5, 0.6) is 0 Å². The van der Waals surface area contributed by atoms with E-state index >= 15 is 0 Å². The van der Waals surface area contributed by atoms with E-state index in [0.29, 0.717) is 15.1 Å². The van der Waals surface area contributed by atoms with Gasteiger partial charge in [0.15, 0.2) is 0 Å². The van der Waals surface area contributed by atoms with E-state index in [1.54, 1.807) is 12.1 Å². The normalized spacial score (nSPS) is 9.53. The van der Waals surface area contributed by atoms with Crippen molar-refractivity contribution < 1.29 is 15.3 Å². The van der Waals surface area contributed by atoms with Crippen LogP contribution >= 0.6 is 84.9 Å². The molecule has 0 amide bonds. The van der Waals surface area contributed by atoms with E-state index in [-0.39, 0.29) is 42.1 Å². The predicted octanol–water partition coefficient (Wildman–Crippen LogP) is 15.9. The molecule has 0 aliphatic heterocycles. The summed E-state index contributed by atoms with van der Waals surface area (Å²) in [7, 11) is 0. The van der Waals surface area contributed by atoms with Gasteiger partial charge in [-0.05, 0) is 137 Å². The van der Waals surface area contributed by atoms with Crippen LogP contribution in [0.2, 0.25) is 20.1 Å². The largest absolute Gasteiger partial charge is 0.392 e. The van der Waals surface area contributed by atoms with Crippen LogP contribution in [0.1, 0.15) is 133 Å². The summed E-state index contributed by atoms with van der Waals surface area (Å²) in [6, 6.07) is 23.2. The molecule has 0 aromatic heterocycles. The summed E-state index contributed by atoms with van der Waals surface area (Å²) >= 11 is 29.1. The minimum atomic E-state index is -0.0396. The monoisotopic (exact) mass is 1010 g/mol. The van der Waals surface area contributed by atoms with Gasteiger partial charge in [-0.1, -0.05) is 167 Å². The van der Waals surface area contributed by atoms with Crippen molar-refractivity contribution in [2.75, 3.05) is 0 Å². The Morgan fingerprint density at radius 2 is 0.964 bits per heavy atom. The quantitative estimate of drug-likeness (QED) is 0.0541. The lowest BCUT2D eigenvalue weighted by Gasteiger charge is -2.05. The van der Waals surface area contributed by atoms with Crippen LogP contribution in [-0.2, 0) is 38.0 Å². The fourth-order valence-electron chi connectivity index (χ4n) is 4.68. The van der Waals surface area contributed by atoms with Gasteiger partial charge in [0.1, 0.15) is 0 Å². The Morgan fingerprint density at radius 1 is 0.545 bits per heavy atom. The van der Waals surface area contributed by atoms with E-state index in [4.69, 9.17) is 61.7 Å². The van der Waals surface area contributed by atoms with Crippen molar-refractivity contribution >= 4 is 84.9 Å². The van der Waals surface area contributed by atoms with Crippen LogP contribution in [0, 0.1) is 15.4 Å². The molecule has 0 saturated carbocycles. The number of alkyl halides is 1. The molecule has 3 nitrogen and oxygen atoms in total. The fourth-order valence-corrected chi connectivity index (χ4v) is 6.57. The molecule has 0 aliphatic carbocycles. The number of aliphatic hydroxyl groups is 3. The molecule has 0 spiro atoms. The smallest absolute Gasteiger partial charge is 0.0696 e. The van der Waals surface area contributed by atoms with Crippen molar-refractivity contribution in [2.24, 2.45) is 0 Å². The van der Waals surface area contributed by atoms with E-state index in [9.17, 15) is 0 Å². The average molecular weight is 1010 g/mol. The van der Waals surface area contributed by atoms with Crippen LogP contribution in [-0.4, -0.2) is 15.3 Å². The van der Waals surface area contributed by atoms with Gasteiger partial charge >= 0.3 is 0 Å². The average Bonchev–Trinajstić information content (AvgIpc) is 3.15. The molecule has 0 aliphatic rings.